The average Bonchev–Trinajstić information content (AvgIpc) is 3.17. The van der Waals surface area contributed by atoms with E-state index >= 15 is 0 Å². The Bertz CT molecular complexity index is 659. The molecule has 26 heavy (non-hydrogen) atoms. The highest BCUT2D eigenvalue weighted by atomic mass is 19.4. The molecule has 2 amide bonds. The second kappa shape index (κ2) is 6.81. The molecule has 0 bridgehead atoms. The van der Waals surface area contributed by atoms with E-state index in [1.54, 1.807) is 4.90 Å². The van der Waals surface area contributed by atoms with Gasteiger partial charge in [0.1, 0.15) is 11.3 Å². The summed E-state index contributed by atoms with van der Waals surface area (Å²) in [5.74, 6) is -0.954. The van der Waals surface area contributed by atoms with Gasteiger partial charge in [0.25, 0.3) is 0 Å². The van der Waals surface area contributed by atoms with Crippen molar-refractivity contribution >= 4 is 11.8 Å². The van der Waals surface area contributed by atoms with Gasteiger partial charge in [-0.2, -0.15) is 0 Å². The van der Waals surface area contributed by atoms with E-state index in [9.17, 15) is 22.8 Å². The Labute approximate surface area is 149 Å². The van der Waals surface area contributed by atoms with Gasteiger partial charge in [-0.25, -0.2) is 0 Å². The number of alkyl halides is 3. The van der Waals surface area contributed by atoms with Gasteiger partial charge in [-0.05, 0) is 50.3 Å². The Kier molecular flexibility index (Phi) is 4.86. The van der Waals surface area contributed by atoms with Crippen LogP contribution in [-0.2, 0) is 14.3 Å². The zero-order valence-electron chi connectivity index (χ0n) is 14.3. The maximum atomic E-state index is 13.0. The molecule has 1 aliphatic heterocycles. The zero-order valence-corrected chi connectivity index (χ0v) is 14.3. The molecule has 0 aromatic carbocycles. The van der Waals surface area contributed by atoms with Crippen molar-refractivity contribution in [2.24, 2.45) is 0 Å². The number of likely N-dealkylation sites (tertiary alicyclic amines) is 1. The fraction of sp³-hybridized carbons (Fsp3) is 0.556. The fourth-order valence-corrected chi connectivity index (χ4v) is 3.70. The molecule has 0 N–H and O–H groups in total. The monoisotopic (exact) mass is 370 g/mol. The Morgan fingerprint density at radius 3 is 2.50 bits per heavy atom. The molecule has 0 spiro atoms. The van der Waals surface area contributed by atoms with E-state index in [1.165, 1.54) is 23.1 Å². The van der Waals surface area contributed by atoms with Gasteiger partial charge in [0.15, 0.2) is 0 Å². The highest BCUT2D eigenvalue weighted by Crippen LogP contribution is 2.46. The van der Waals surface area contributed by atoms with E-state index in [0.29, 0.717) is 32.4 Å². The van der Waals surface area contributed by atoms with Gasteiger partial charge in [0.2, 0.25) is 11.8 Å². The van der Waals surface area contributed by atoms with Crippen LogP contribution in [0.2, 0.25) is 0 Å². The predicted molar refractivity (Wildman–Crippen MR) is 87.6 cm³/mol. The van der Waals surface area contributed by atoms with Crippen molar-refractivity contribution in [3.63, 3.8) is 0 Å². The van der Waals surface area contributed by atoms with Gasteiger partial charge in [0.05, 0.1) is 6.04 Å². The standard InChI is InChI=1S/C18H21F3N2O3/c1-2-15(24)23(13-6-5-7-14(12-13)26-18(19,20)21)17(8-9-17)16(25)22-10-3-4-11-22/h2,5,7,12-13H,1,3-4,6,8-11H2. The second-order valence-corrected chi connectivity index (χ2v) is 6.77. The SMILES string of the molecule is C=CC(=O)N(C1C=C(OC(F)(F)F)C=CC1)C1(C(=O)N2CCCC2)CC1. The Balaban J connectivity index is 1.87. The summed E-state index contributed by atoms with van der Waals surface area (Å²) in [5, 5.41) is 0. The number of hydrogen-bond acceptors (Lipinski definition) is 3. The third-order valence-electron chi connectivity index (χ3n) is 4.97. The van der Waals surface area contributed by atoms with E-state index in [1.807, 2.05) is 0 Å². The Hall–Kier alpha value is -2.25. The van der Waals surface area contributed by atoms with Gasteiger partial charge in [-0.3, -0.25) is 9.59 Å². The van der Waals surface area contributed by atoms with Crippen LogP contribution in [0, 0.1) is 0 Å². The number of halogens is 3. The minimum atomic E-state index is -4.81. The quantitative estimate of drug-likeness (QED) is 0.700. The highest BCUT2D eigenvalue weighted by Gasteiger charge is 2.59. The van der Waals surface area contributed by atoms with Crippen molar-refractivity contribution in [1.82, 2.24) is 9.80 Å². The lowest BCUT2D eigenvalue weighted by atomic mass is 10.0. The zero-order chi connectivity index (χ0) is 18.9. The second-order valence-electron chi connectivity index (χ2n) is 6.77. The molecule has 1 atom stereocenters. The van der Waals surface area contributed by atoms with E-state index in [-0.39, 0.29) is 11.7 Å². The van der Waals surface area contributed by atoms with Gasteiger partial charge in [0, 0.05) is 13.1 Å². The minimum Gasteiger partial charge on any atom is -0.406 e. The summed E-state index contributed by atoms with van der Waals surface area (Å²) >= 11 is 0. The summed E-state index contributed by atoms with van der Waals surface area (Å²) < 4.78 is 41.5. The lowest BCUT2D eigenvalue weighted by molar-refractivity contribution is -0.303. The van der Waals surface area contributed by atoms with Crippen LogP contribution in [0.4, 0.5) is 13.2 Å². The number of allylic oxidation sites excluding steroid dienone is 1. The van der Waals surface area contributed by atoms with Crippen molar-refractivity contribution in [3.05, 3.63) is 36.6 Å². The molecule has 1 saturated carbocycles. The molecule has 2 aliphatic carbocycles. The number of hydrogen-bond donors (Lipinski definition) is 0. The summed E-state index contributed by atoms with van der Waals surface area (Å²) in [6, 6.07) is -0.683. The number of amides is 2. The fourth-order valence-electron chi connectivity index (χ4n) is 3.70. The Morgan fingerprint density at radius 1 is 1.31 bits per heavy atom. The topological polar surface area (TPSA) is 49.9 Å². The van der Waals surface area contributed by atoms with E-state index < -0.39 is 23.9 Å². The first-order valence-electron chi connectivity index (χ1n) is 8.66. The lowest BCUT2D eigenvalue weighted by Crippen LogP contribution is -2.55. The number of nitrogens with zero attached hydrogens (tertiary/aromatic N) is 2. The first kappa shape index (κ1) is 18.5. The number of rotatable bonds is 5. The van der Waals surface area contributed by atoms with Crippen LogP contribution >= 0.6 is 0 Å². The summed E-state index contributed by atoms with van der Waals surface area (Å²) in [7, 11) is 0. The first-order valence-corrected chi connectivity index (χ1v) is 8.66. The molecule has 3 aliphatic rings. The van der Waals surface area contributed by atoms with Crippen molar-refractivity contribution in [2.45, 2.75) is 50.0 Å². The first-order chi connectivity index (χ1) is 12.3. The van der Waals surface area contributed by atoms with Crippen LogP contribution in [0.1, 0.15) is 32.1 Å². The summed E-state index contributed by atoms with van der Waals surface area (Å²) in [4.78, 5) is 28.7. The van der Waals surface area contributed by atoms with Gasteiger partial charge in [-0.15, -0.1) is 13.2 Å². The largest absolute Gasteiger partial charge is 0.573 e. The van der Waals surface area contributed by atoms with Crippen molar-refractivity contribution in [2.75, 3.05) is 13.1 Å². The molecule has 3 rings (SSSR count). The van der Waals surface area contributed by atoms with Crippen LogP contribution in [0.25, 0.3) is 0 Å². The summed E-state index contributed by atoms with van der Waals surface area (Å²) in [5.41, 5.74) is -0.981. The highest BCUT2D eigenvalue weighted by molar-refractivity contribution is 5.97. The maximum absolute atomic E-state index is 13.0. The molecule has 0 aromatic rings. The minimum absolute atomic E-state index is 0.119. The van der Waals surface area contributed by atoms with E-state index in [0.717, 1.165) is 18.9 Å². The molecule has 1 heterocycles. The number of ether oxygens (including phenoxy) is 1. The molecular weight excluding hydrogens is 349 g/mol. The van der Waals surface area contributed by atoms with Crippen LogP contribution in [0.5, 0.6) is 0 Å². The lowest BCUT2D eigenvalue weighted by Gasteiger charge is -2.38. The molecule has 0 aromatic heterocycles. The van der Waals surface area contributed by atoms with E-state index in [4.69, 9.17) is 0 Å². The molecule has 142 valence electrons. The third-order valence-corrected chi connectivity index (χ3v) is 4.97. The van der Waals surface area contributed by atoms with Gasteiger partial charge < -0.3 is 14.5 Å². The number of carbonyl (C=O) groups is 2. The van der Waals surface area contributed by atoms with Gasteiger partial charge >= 0.3 is 6.36 Å². The van der Waals surface area contributed by atoms with Crippen LogP contribution in [-0.4, -0.2) is 52.6 Å². The Morgan fingerprint density at radius 2 is 1.96 bits per heavy atom. The molecular formula is C18H21F3N2O3. The van der Waals surface area contributed by atoms with E-state index in [2.05, 4.69) is 11.3 Å². The van der Waals surface area contributed by atoms with Crippen molar-refractivity contribution in [1.29, 1.82) is 0 Å². The normalized spacial score (nSPS) is 24.0. The van der Waals surface area contributed by atoms with Crippen LogP contribution < -0.4 is 0 Å². The predicted octanol–water partition coefficient (Wildman–Crippen LogP) is 2.90. The van der Waals surface area contributed by atoms with Crippen molar-refractivity contribution in [3.8, 4) is 0 Å². The molecule has 1 unspecified atom stereocenters. The van der Waals surface area contributed by atoms with Crippen LogP contribution in [0.3, 0.4) is 0 Å². The number of carbonyl (C=O) groups excluding carboxylic acids is 2. The summed E-state index contributed by atoms with van der Waals surface area (Å²) in [6.07, 6.45) is 3.47. The maximum Gasteiger partial charge on any atom is 0.573 e. The molecule has 0 radical (unpaired) electrons. The average molecular weight is 370 g/mol. The smallest absolute Gasteiger partial charge is 0.406 e. The molecule has 5 nitrogen and oxygen atoms in total. The van der Waals surface area contributed by atoms with Crippen LogP contribution in [0.15, 0.2) is 36.6 Å². The van der Waals surface area contributed by atoms with Crippen molar-refractivity contribution < 1.29 is 27.5 Å². The molecule has 8 heteroatoms. The molecule has 2 fully saturated rings. The summed E-state index contributed by atoms with van der Waals surface area (Å²) in [6.45, 7) is 4.79. The molecule has 1 saturated heterocycles. The van der Waals surface area contributed by atoms with Gasteiger partial charge in [-0.1, -0.05) is 12.7 Å². The third kappa shape index (κ3) is 3.64.